The van der Waals surface area contributed by atoms with Gasteiger partial charge in [0.15, 0.2) is 0 Å². The average molecular weight is 711 g/mol. The Bertz CT molecular complexity index is 2300. The van der Waals surface area contributed by atoms with Crippen LogP contribution in [0.15, 0.2) is 162 Å². The van der Waals surface area contributed by atoms with Crippen LogP contribution in [-0.2, 0) is 0 Å². The summed E-state index contributed by atoms with van der Waals surface area (Å²) in [7, 11) is -1.43. The van der Waals surface area contributed by atoms with E-state index in [0.29, 0.717) is 5.46 Å². The smallest absolute Gasteiger partial charge is 0.423 e. The van der Waals surface area contributed by atoms with Gasteiger partial charge < -0.3 is 17.0 Å². The maximum atomic E-state index is 9.25. The Kier molecular flexibility index (Phi) is 14.1. The number of benzene rings is 8. The summed E-state index contributed by atoms with van der Waals surface area (Å²) < 4.78 is 1.11. The predicted molar refractivity (Wildman–Crippen MR) is 218 cm³/mol. The normalized spacial score (nSPS) is 10.3. The van der Waals surface area contributed by atoms with Gasteiger partial charge in [-0.05, 0) is 95.1 Å². The number of unbranched alkanes of at least 4 members (excludes halogenated alkanes) is 1. The van der Waals surface area contributed by atoms with Crippen LogP contribution >= 0.6 is 15.9 Å². The Balaban J connectivity index is 0.000000197. The summed E-state index contributed by atoms with van der Waals surface area (Å²) in [4.78, 5) is 0. The molecule has 8 aromatic carbocycles. The van der Waals surface area contributed by atoms with Gasteiger partial charge in [-0.2, -0.15) is 6.42 Å². The second kappa shape index (κ2) is 18.2. The van der Waals surface area contributed by atoms with Gasteiger partial charge >= 0.3 is 26.0 Å². The van der Waals surface area contributed by atoms with Crippen LogP contribution < -0.4 is 24.3 Å². The van der Waals surface area contributed by atoms with E-state index in [0.717, 1.165) is 22.0 Å². The van der Waals surface area contributed by atoms with Crippen LogP contribution in [-0.4, -0.2) is 17.2 Å². The Morgan fingerprint density at radius 3 is 1.24 bits per heavy atom. The van der Waals surface area contributed by atoms with Crippen LogP contribution in [0.2, 0.25) is 0 Å². The van der Waals surface area contributed by atoms with Gasteiger partial charge in [0.05, 0.1) is 0 Å². The molecule has 50 heavy (non-hydrogen) atoms. The van der Waals surface area contributed by atoms with Crippen LogP contribution in [0.3, 0.4) is 0 Å². The largest absolute Gasteiger partial charge is 1.00 e. The SMILES string of the molecule is Brc1ccc(-c2cc3ccccc3c3ccccc23)cc1.C.OB(O)c1ccc(-c2cc3ccccc3c3ccccc23)cc1.[CH2-]CCC.[Li+]. The minimum absolute atomic E-state index is 0. The van der Waals surface area contributed by atoms with Crippen LogP contribution in [0.5, 0.6) is 0 Å². The first-order chi connectivity index (χ1) is 23.5. The monoisotopic (exact) mass is 710 g/mol. The second-order valence-electron chi connectivity index (χ2n) is 11.7. The number of rotatable bonds is 4. The number of halogens is 1. The van der Waals surface area contributed by atoms with Gasteiger partial charge in [-0.1, -0.05) is 170 Å². The van der Waals surface area contributed by atoms with E-state index < -0.39 is 7.12 Å². The molecule has 8 rings (SSSR count). The molecule has 8 aromatic rings. The van der Waals surface area contributed by atoms with Gasteiger partial charge in [-0.15, -0.1) is 0 Å². The fourth-order valence-corrected chi connectivity index (χ4v) is 6.31. The maximum absolute atomic E-state index is 9.25. The molecule has 0 unspecified atom stereocenters. The van der Waals surface area contributed by atoms with Crippen molar-refractivity contribution in [3.63, 3.8) is 0 Å². The first-order valence-electron chi connectivity index (χ1n) is 16.3. The molecule has 2 nitrogen and oxygen atoms in total. The van der Waals surface area contributed by atoms with Gasteiger partial charge in [0.1, 0.15) is 0 Å². The summed E-state index contributed by atoms with van der Waals surface area (Å²) in [6.45, 7) is 5.72. The van der Waals surface area contributed by atoms with Crippen LogP contribution in [0.4, 0.5) is 0 Å². The quantitative estimate of drug-likeness (QED) is 0.109. The molecule has 0 aliphatic rings. The van der Waals surface area contributed by atoms with E-state index >= 15 is 0 Å². The molecular weight excluding hydrogens is 670 g/mol. The van der Waals surface area contributed by atoms with Crippen LogP contribution in [0.1, 0.15) is 27.2 Å². The van der Waals surface area contributed by atoms with Crippen molar-refractivity contribution in [3.05, 3.63) is 169 Å². The average Bonchev–Trinajstić information content (AvgIpc) is 3.15. The first-order valence-corrected chi connectivity index (χ1v) is 17.1. The van der Waals surface area contributed by atoms with Crippen molar-refractivity contribution < 1.29 is 28.9 Å². The van der Waals surface area contributed by atoms with Gasteiger partial charge in [0.25, 0.3) is 0 Å². The second-order valence-corrected chi connectivity index (χ2v) is 12.7. The van der Waals surface area contributed by atoms with Crippen molar-refractivity contribution in [3.8, 4) is 22.3 Å². The van der Waals surface area contributed by atoms with Gasteiger partial charge in [-0.25, -0.2) is 0 Å². The number of fused-ring (bicyclic) bond motifs is 6. The standard InChI is InChI=1S/C20H15BO2.C20H13Br.C4H9.CH4.Li/c22-21(23)16-11-9-14(10-12-16)20-13-15-5-1-2-6-17(15)18-7-3-4-8-19(18)20;21-16-11-9-14(10-12-16)20-13-15-5-1-2-6-17(15)18-7-3-4-8-19(18)20;1-3-4-2;;/h1-13,22-23H;1-13H;1,3-4H2,2H3;1H4;/q;;-1;;+1. The Morgan fingerprint density at radius 1 is 0.520 bits per heavy atom. The fraction of sp³-hybridized carbons (Fsp3) is 0.0889. The zero-order valence-corrected chi connectivity index (χ0v) is 29.6. The number of hydrogen-bond acceptors (Lipinski definition) is 2. The molecule has 0 aromatic heterocycles. The molecule has 2 N–H and O–H groups in total. The molecule has 0 heterocycles. The van der Waals surface area contributed by atoms with E-state index in [1.165, 1.54) is 60.6 Å². The van der Waals surface area contributed by atoms with Crippen molar-refractivity contribution in [1.29, 1.82) is 0 Å². The summed E-state index contributed by atoms with van der Waals surface area (Å²) in [5.41, 5.74) is 5.26. The molecule has 0 fully saturated rings. The van der Waals surface area contributed by atoms with Crippen LogP contribution in [0.25, 0.3) is 65.3 Å². The Labute approximate surface area is 317 Å². The zero-order valence-electron chi connectivity index (χ0n) is 28.0. The summed E-state index contributed by atoms with van der Waals surface area (Å²) in [6, 6.07) is 54.4. The van der Waals surface area contributed by atoms with Crippen molar-refractivity contribution in [2.75, 3.05) is 0 Å². The summed E-state index contributed by atoms with van der Waals surface area (Å²) in [6.07, 6.45) is 2.28. The van der Waals surface area contributed by atoms with E-state index in [9.17, 15) is 10.0 Å². The molecule has 5 heteroatoms. The topological polar surface area (TPSA) is 40.5 Å². The summed E-state index contributed by atoms with van der Waals surface area (Å²) in [5.74, 6) is 0. The Morgan fingerprint density at radius 2 is 0.860 bits per heavy atom. The van der Waals surface area contributed by atoms with Gasteiger partial charge in [-0.3, -0.25) is 0 Å². The molecule has 0 bridgehead atoms. The molecule has 0 radical (unpaired) electrons. The van der Waals surface area contributed by atoms with Crippen molar-refractivity contribution in [1.82, 2.24) is 0 Å². The van der Waals surface area contributed by atoms with Crippen molar-refractivity contribution >= 4 is 71.6 Å². The molecule has 0 spiro atoms. The summed E-state index contributed by atoms with van der Waals surface area (Å²) in [5, 5.41) is 28.6. The molecule has 0 atom stereocenters. The van der Waals surface area contributed by atoms with Crippen LogP contribution in [0, 0.1) is 6.92 Å². The van der Waals surface area contributed by atoms with E-state index in [-0.39, 0.29) is 26.3 Å². The molecule has 0 saturated heterocycles. The van der Waals surface area contributed by atoms with E-state index in [1.807, 2.05) is 24.3 Å². The van der Waals surface area contributed by atoms with E-state index in [4.69, 9.17) is 0 Å². The predicted octanol–water partition coefficient (Wildman–Crippen LogP) is 9.02. The molecular formula is C45H41BBrLiO2. The van der Waals surface area contributed by atoms with E-state index in [1.54, 1.807) is 12.1 Å². The minimum atomic E-state index is -1.43. The van der Waals surface area contributed by atoms with Gasteiger partial charge in [0.2, 0.25) is 0 Å². The third kappa shape index (κ3) is 8.59. The molecule has 0 saturated carbocycles. The third-order valence-electron chi connectivity index (χ3n) is 8.56. The number of hydrogen-bond donors (Lipinski definition) is 2. The minimum Gasteiger partial charge on any atom is -0.423 e. The maximum Gasteiger partial charge on any atom is 1.00 e. The fourth-order valence-electron chi connectivity index (χ4n) is 6.05. The zero-order chi connectivity index (χ0) is 33.5. The third-order valence-corrected chi connectivity index (χ3v) is 9.09. The van der Waals surface area contributed by atoms with Gasteiger partial charge in [0, 0.05) is 4.47 Å². The van der Waals surface area contributed by atoms with E-state index in [2.05, 4.69) is 151 Å². The first kappa shape index (κ1) is 38.7. The van der Waals surface area contributed by atoms with Crippen molar-refractivity contribution in [2.45, 2.75) is 27.2 Å². The van der Waals surface area contributed by atoms with Crippen molar-refractivity contribution in [2.24, 2.45) is 0 Å². The molecule has 244 valence electrons. The summed E-state index contributed by atoms with van der Waals surface area (Å²) >= 11 is 3.51. The molecule has 0 aliphatic heterocycles. The molecule has 0 aliphatic carbocycles. The molecule has 0 amide bonds. The Hall–Kier alpha value is -4.14.